The van der Waals surface area contributed by atoms with Crippen LogP contribution >= 0.6 is 35.7 Å². The number of H-pyrrole nitrogens is 1. The van der Waals surface area contributed by atoms with Gasteiger partial charge in [-0.2, -0.15) is 16.9 Å². The zero-order chi connectivity index (χ0) is 12.3. The van der Waals surface area contributed by atoms with Gasteiger partial charge in [0.2, 0.25) is 0 Å². The van der Waals surface area contributed by atoms with Gasteiger partial charge in [-0.05, 0) is 30.9 Å². The van der Waals surface area contributed by atoms with Gasteiger partial charge >= 0.3 is 0 Å². The van der Waals surface area contributed by atoms with E-state index in [1.807, 2.05) is 17.8 Å². The lowest BCUT2D eigenvalue weighted by Gasteiger charge is -2.10. The molecule has 5 nitrogen and oxygen atoms in total. The quantitative estimate of drug-likeness (QED) is 0.291. The molecule has 104 valence electrons. The third kappa shape index (κ3) is 7.80. The van der Waals surface area contributed by atoms with Crippen molar-refractivity contribution in [3.8, 4) is 0 Å². The summed E-state index contributed by atoms with van der Waals surface area (Å²) in [7, 11) is 1.78. The van der Waals surface area contributed by atoms with Gasteiger partial charge in [0.05, 0.1) is 12.2 Å². The van der Waals surface area contributed by atoms with Crippen LogP contribution in [0, 0.1) is 0 Å². The van der Waals surface area contributed by atoms with Gasteiger partial charge in [-0.25, -0.2) is 0 Å². The Hall–Kier alpha value is -0.440. The lowest BCUT2D eigenvalue weighted by Crippen LogP contribution is -2.37. The number of halogens is 1. The highest BCUT2D eigenvalue weighted by Gasteiger charge is 1.98. The number of aromatic amines is 1. The predicted molar refractivity (Wildman–Crippen MR) is 89.8 cm³/mol. The SMILES string of the molecule is CN=C(NCCCCSC)NCc1ccn[nH]1.I. The van der Waals surface area contributed by atoms with E-state index < -0.39 is 0 Å². The number of guanidine groups is 1. The van der Waals surface area contributed by atoms with E-state index in [0.717, 1.165) is 18.2 Å². The smallest absolute Gasteiger partial charge is 0.191 e. The molecule has 0 saturated carbocycles. The van der Waals surface area contributed by atoms with Gasteiger partial charge in [0.25, 0.3) is 0 Å². The molecular weight excluding hydrogens is 361 g/mol. The molecule has 0 aliphatic rings. The molecule has 0 bridgehead atoms. The molecule has 0 radical (unpaired) electrons. The summed E-state index contributed by atoms with van der Waals surface area (Å²) in [4.78, 5) is 4.16. The first-order chi connectivity index (χ1) is 8.36. The van der Waals surface area contributed by atoms with Crippen molar-refractivity contribution in [2.24, 2.45) is 4.99 Å². The Balaban J connectivity index is 0.00000289. The van der Waals surface area contributed by atoms with E-state index in [2.05, 4.69) is 32.1 Å². The average molecular weight is 383 g/mol. The van der Waals surface area contributed by atoms with Crippen LogP contribution in [0.25, 0.3) is 0 Å². The first-order valence-corrected chi connectivity index (χ1v) is 7.18. The summed E-state index contributed by atoms with van der Waals surface area (Å²) in [5.41, 5.74) is 1.05. The van der Waals surface area contributed by atoms with Crippen LogP contribution in [0.5, 0.6) is 0 Å². The molecule has 0 aromatic carbocycles. The van der Waals surface area contributed by atoms with E-state index >= 15 is 0 Å². The second-order valence-corrected chi connectivity index (χ2v) is 4.62. The number of aromatic nitrogens is 2. The lowest BCUT2D eigenvalue weighted by atomic mass is 10.3. The van der Waals surface area contributed by atoms with Crippen LogP contribution in [-0.2, 0) is 6.54 Å². The van der Waals surface area contributed by atoms with Gasteiger partial charge < -0.3 is 10.6 Å². The Kier molecular flexibility index (Phi) is 11.4. The van der Waals surface area contributed by atoms with Crippen molar-refractivity contribution < 1.29 is 0 Å². The molecule has 1 aromatic rings. The maximum Gasteiger partial charge on any atom is 0.191 e. The summed E-state index contributed by atoms with van der Waals surface area (Å²) in [6.07, 6.45) is 6.30. The number of unbranched alkanes of at least 4 members (excludes halogenated alkanes) is 1. The topological polar surface area (TPSA) is 65.1 Å². The van der Waals surface area contributed by atoms with Crippen molar-refractivity contribution in [1.29, 1.82) is 0 Å². The van der Waals surface area contributed by atoms with Crippen molar-refractivity contribution in [1.82, 2.24) is 20.8 Å². The molecule has 7 heteroatoms. The number of hydrogen-bond acceptors (Lipinski definition) is 3. The number of nitrogens with one attached hydrogen (secondary N) is 3. The molecule has 0 amide bonds. The van der Waals surface area contributed by atoms with Gasteiger partial charge in [0.15, 0.2) is 5.96 Å². The van der Waals surface area contributed by atoms with E-state index in [1.54, 1.807) is 13.2 Å². The normalized spacial score (nSPS) is 10.9. The number of aliphatic imine (C=N–C) groups is 1. The summed E-state index contributed by atoms with van der Waals surface area (Å²) in [5, 5.41) is 13.3. The Morgan fingerprint density at radius 2 is 2.28 bits per heavy atom. The predicted octanol–water partition coefficient (Wildman–Crippen LogP) is 1.84. The molecular formula is C11H22IN5S. The zero-order valence-electron chi connectivity index (χ0n) is 10.9. The third-order valence-electron chi connectivity index (χ3n) is 2.30. The molecule has 0 saturated heterocycles. The van der Waals surface area contributed by atoms with Crippen LogP contribution in [0.3, 0.4) is 0 Å². The Morgan fingerprint density at radius 1 is 1.44 bits per heavy atom. The fourth-order valence-corrected chi connectivity index (χ4v) is 1.85. The number of nitrogens with zero attached hydrogens (tertiary/aromatic N) is 2. The second kappa shape index (κ2) is 11.6. The fourth-order valence-electron chi connectivity index (χ4n) is 1.36. The Labute approximate surface area is 130 Å². The van der Waals surface area contributed by atoms with Crippen LogP contribution in [0.1, 0.15) is 18.5 Å². The fraction of sp³-hybridized carbons (Fsp3) is 0.636. The van der Waals surface area contributed by atoms with Crippen LogP contribution in [0.2, 0.25) is 0 Å². The van der Waals surface area contributed by atoms with E-state index in [-0.39, 0.29) is 24.0 Å². The summed E-state index contributed by atoms with van der Waals surface area (Å²) < 4.78 is 0. The molecule has 1 rings (SSSR count). The molecule has 1 heterocycles. The standard InChI is InChI=1S/C11H21N5S.HI/c1-12-11(13-6-3-4-8-17-2)14-9-10-5-7-15-16-10;/h5,7H,3-4,6,8-9H2,1-2H3,(H,15,16)(H2,12,13,14);1H. The second-order valence-electron chi connectivity index (χ2n) is 3.63. The van der Waals surface area contributed by atoms with Gasteiger partial charge in [-0.3, -0.25) is 10.1 Å². The van der Waals surface area contributed by atoms with E-state index in [4.69, 9.17) is 0 Å². The Morgan fingerprint density at radius 3 is 2.89 bits per heavy atom. The summed E-state index contributed by atoms with van der Waals surface area (Å²) in [6, 6.07) is 1.94. The molecule has 0 fully saturated rings. The number of hydrogen-bond donors (Lipinski definition) is 3. The number of thioether (sulfide) groups is 1. The van der Waals surface area contributed by atoms with E-state index in [9.17, 15) is 0 Å². The highest BCUT2D eigenvalue weighted by atomic mass is 127. The zero-order valence-corrected chi connectivity index (χ0v) is 14.0. The molecule has 0 unspecified atom stereocenters. The van der Waals surface area contributed by atoms with E-state index in [0.29, 0.717) is 6.54 Å². The van der Waals surface area contributed by atoms with Gasteiger partial charge in [0, 0.05) is 19.8 Å². The maximum atomic E-state index is 4.16. The van der Waals surface area contributed by atoms with Crippen molar-refractivity contribution in [2.75, 3.05) is 25.6 Å². The van der Waals surface area contributed by atoms with Crippen molar-refractivity contribution in [3.63, 3.8) is 0 Å². The minimum Gasteiger partial charge on any atom is -0.356 e. The largest absolute Gasteiger partial charge is 0.356 e. The van der Waals surface area contributed by atoms with Crippen LogP contribution in [-0.4, -0.2) is 41.8 Å². The van der Waals surface area contributed by atoms with Gasteiger partial charge in [-0.1, -0.05) is 0 Å². The molecule has 1 aromatic heterocycles. The molecule has 0 spiro atoms. The first kappa shape index (κ1) is 17.6. The van der Waals surface area contributed by atoms with Crippen LogP contribution in [0.15, 0.2) is 17.3 Å². The monoisotopic (exact) mass is 383 g/mol. The highest BCUT2D eigenvalue weighted by molar-refractivity contribution is 14.0. The van der Waals surface area contributed by atoms with Crippen molar-refractivity contribution >= 4 is 41.7 Å². The first-order valence-electron chi connectivity index (χ1n) is 5.78. The van der Waals surface area contributed by atoms with E-state index in [1.165, 1.54) is 18.6 Å². The van der Waals surface area contributed by atoms with Crippen LogP contribution < -0.4 is 10.6 Å². The molecule has 0 aliphatic heterocycles. The van der Waals surface area contributed by atoms with Gasteiger partial charge in [0.1, 0.15) is 0 Å². The molecule has 3 N–H and O–H groups in total. The Bertz CT molecular complexity index is 315. The minimum absolute atomic E-state index is 0. The molecule has 0 atom stereocenters. The molecule has 18 heavy (non-hydrogen) atoms. The lowest BCUT2D eigenvalue weighted by molar-refractivity contribution is 0.728. The maximum absolute atomic E-state index is 4.16. The summed E-state index contributed by atoms with van der Waals surface area (Å²) >= 11 is 1.89. The van der Waals surface area contributed by atoms with Gasteiger partial charge in [-0.15, -0.1) is 24.0 Å². The average Bonchev–Trinajstić information content (AvgIpc) is 2.86. The van der Waals surface area contributed by atoms with Crippen molar-refractivity contribution in [2.45, 2.75) is 19.4 Å². The third-order valence-corrected chi connectivity index (χ3v) is 2.99. The van der Waals surface area contributed by atoms with Crippen molar-refractivity contribution in [3.05, 3.63) is 18.0 Å². The summed E-state index contributed by atoms with van der Waals surface area (Å²) in [5.74, 6) is 2.06. The summed E-state index contributed by atoms with van der Waals surface area (Å²) in [6.45, 7) is 1.67. The minimum atomic E-state index is 0. The van der Waals surface area contributed by atoms with Crippen LogP contribution in [0.4, 0.5) is 0 Å². The molecule has 0 aliphatic carbocycles. The number of rotatable bonds is 7. The highest BCUT2D eigenvalue weighted by Crippen LogP contribution is 1.97.